The summed E-state index contributed by atoms with van der Waals surface area (Å²) in [7, 11) is 0. The fraction of sp³-hybridized carbons (Fsp3) is 0.800. The zero-order valence-corrected chi connectivity index (χ0v) is 8.05. The maximum absolute atomic E-state index is 10.3. The second kappa shape index (κ2) is 6.55. The molecule has 0 aromatic carbocycles. The average Bonchev–Trinajstić information content (AvgIpc) is 1.67. The number of aliphatic hydroxyl groups is 1. The van der Waals surface area contributed by atoms with Gasteiger partial charge in [0, 0.05) is 29.6 Å². The topological polar surface area (TPSA) is 46.5 Å². The average molecular weight is 141 g/mol. The smallest absolute Gasteiger partial charge is 0.334 e. The van der Waals surface area contributed by atoms with Crippen molar-refractivity contribution in [3.63, 3.8) is 0 Å². The zero-order chi connectivity index (χ0) is 6.57. The van der Waals surface area contributed by atoms with Crippen molar-refractivity contribution in [1.29, 1.82) is 0 Å². The molecule has 0 spiro atoms. The van der Waals surface area contributed by atoms with Crippen molar-refractivity contribution in [3.05, 3.63) is 0 Å². The largest absolute Gasteiger partial charge is 0.464 e. The summed E-state index contributed by atoms with van der Waals surface area (Å²) < 4.78 is 4.41. The summed E-state index contributed by atoms with van der Waals surface area (Å²) >= 11 is 0. The predicted octanol–water partition coefficient (Wildman–Crippen LogP) is -0.451. The van der Waals surface area contributed by atoms with Crippen molar-refractivity contribution in [1.82, 2.24) is 0 Å². The molecule has 0 aliphatic rings. The van der Waals surface area contributed by atoms with Crippen LogP contribution < -0.4 is 0 Å². The number of rotatable bonds is 2. The Morgan fingerprint density at radius 2 is 2.22 bits per heavy atom. The first-order valence-corrected chi connectivity index (χ1v) is 2.53. The van der Waals surface area contributed by atoms with Crippen LogP contribution in [-0.4, -0.2) is 53.3 Å². The second-order valence-electron chi connectivity index (χ2n) is 1.43. The maximum atomic E-state index is 10.3. The van der Waals surface area contributed by atoms with E-state index in [1.165, 1.54) is 6.92 Å². The molecule has 1 unspecified atom stereocenters. The minimum absolute atomic E-state index is 0. The van der Waals surface area contributed by atoms with Gasteiger partial charge < -0.3 is 9.84 Å². The molecular formula is C5H10NaO3. The monoisotopic (exact) mass is 141 g/mol. The van der Waals surface area contributed by atoms with Gasteiger partial charge in [-0.05, 0) is 13.8 Å². The van der Waals surface area contributed by atoms with E-state index >= 15 is 0 Å². The standard InChI is InChI=1S/C5H10O3.Na/c1-3-8-5(7)4(2)6;/h4,6H,3H2,1-2H3;. The summed E-state index contributed by atoms with van der Waals surface area (Å²) in [5.74, 6) is -0.562. The molecule has 1 radical (unpaired) electrons. The van der Waals surface area contributed by atoms with Crippen molar-refractivity contribution in [2.45, 2.75) is 20.0 Å². The number of esters is 1. The molecule has 0 fully saturated rings. The molecule has 0 rings (SSSR count). The summed E-state index contributed by atoms with van der Waals surface area (Å²) in [6.45, 7) is 3.39. The molecule has 0 bridgehead atoms. The molecule has 4 heteroatoms. The predicted molar refractivity (Wildman–Crippen MR) is 34.1 cm³/mol. The molecule has 0 aliphatic heterocycles. The molecule has 0 amide bonds. The van der Waals surface area contributed by atoms with Crippen LogP contribution in [0.2, 0.25) is 0 Å². The Labute approximate surface area is 76.7 Å². The Balaban J connectivity index is 0. The minimum Gasteiger partial charge on any atom is -0.464 e. The van der Waals surface area contributed by atoms with Crippen LogP contribution in [-0.2, 0) is 9.53 Å². The van der Waals surface area contributed by atoms with Gasteiger partial charge in [0.1, 0.15) is 6.10 Å². The van der Waals surface area contributed by atoms with Gasteiger partial charge in [0.2, 0.25) is 0 Å². The molecule has 0 heterocycles. The molecule has 0 aliphatic carbocycles. The summed E-state index contributed by atoms with van der Waals surface area (Å²) in [5, 5.41) is 8.48. The number of carbonyl (C=O) groups is 1. The first-order valence-electron chi connectivity index (χ1n) is 2.53. The molecule has 0 saturated carbocycles. The number of hydrogen-bond acceptors (Lipinski definition) is 3. The van der Waals surface area contributed by atoms with Crippen molar-refractivity contribution in [2.75, 3.05) is 6.61 Å². The van der Waals surface area contributed by atoms with Gasteiger partial charge in [0.25, 0.3) is 0 Å². The summed E-state index contributed by atoms with van der Waals surface area (Å²) in [6.07, 6.45) is -0.991. The molecule has 3 nitrogen and oxygen atoms in total. The molecule has 49 valence electrons. The summed E-state index contributed by atoms with van der Waals surface area (Å²) in [5.41, 5.74) is 0. The normalized spacial score (nSPS) is 11.4. The number of carbonyl (C=O) groups excluding carboxylic acids is 1. The van der Waals surface area contributed by atoms with Crippen LogP contribution in [0, 0.1) is 0 Å². The zero-order valence-electron chi connectivity index (χ0n) is 6.05. The van der Waals surface area contributed by atoms with Crippen molar-refractivity contribution < 1.29 is 14.6 Å². The van der Waals surface area contributed by atoms with Crippen LogP contribution in [0.4, 0.5) is 0 Å². The molecular weight excluding hydrogens is 131 g/mol. The van der Waals surface area contributed by atoms with E-state index in [0.717, 1.165) is 0 Å². The molecule has 1 atom stereocenters. The van der Waals surface area contributed by atoms with E-state index in [-0.39, 0.29) is 29.6 Å². The van der Waals surface area contributed by atoms with Gasteiger partial charge in [0.15, 0.2) is 0 Å². The quantitative estimate of drug-likeness (QED) is 0.418. The Bertz CT molecular complexity index is 82.3. The SMILES string of the molecule is CCOC(=O)C(C)O.[Na]. The third kappa shape index (κ3) is 6.31. The van der Waals surface area contributed by atoms with Gasteiger partial charge in [-0.3, -0.25) is 0 Å². The number of ether oxygens (including phenoxy) is 1. The Kier molecular flexibility index (Phi) is 8.83. The molecule has 0 saturated heterocycles. The Morgan fingerprint density at radius 3 is 2.33 bits per heavy atom. The van der Waals surface area contributed by atoms with E-state index in [0.29, 0.717) is 6.61 Å². The Morgan fingerprint density at radius 1 is 1.78 bits per heavy atom. The van der Waals surface area contributed by atoms with Crippen LogP contribution in [0.3, 0.4) is 0 Å². The van der Waals surface area contributed by atoms with E-state index in [2.05, 4.69) is 4.74 Å². The van der Waals surface area contributed by atoms with Gasteiger partial charge in [-0.15, -0.1) is 0 Å². The van der Waals surface area contributed by atoms with Crippen molar-refractivity contribution in [2.24, 2.45) is 0 Å². The first kappa shape index (κ1) is 12.1. The van der Waals surface area contributed by atoms with Crippen LogP contribution in [0.15, 0.2) is 0 Å². The summed E-state index contributed by atoms with van der Waals surface area (Å²) in [6, 6.07) is 0. The van der Waals surface area contributed by atoms with Crippen molar-refractivity contribution in [3.8, 4) is 0 Å². The second-order valence-corrected chi connectivity index (χ2v) is 1.43. The third-order valence-corrected chi connectivity index (χ3v) is 0.628. The molecule has 9 heavy (non-hydrogen) atoms. The summed E-state index contributed by atoms with van der Waals surface area (Å²) in [4.78, 5) is 10.3. The first-order chi connectivity index (χ1) is 3.68. The molecule has 0 aromatic rings. The van der Waals surface area contributed by atoms with Crippen LogP contribution in [0.5, 0.6) is 0 Å². The van der Waals surface area contributed by atoms with Crippen LogP contribution in [0.1, 0.15) is 13.8 Å². The van der Waals surface area contributed by atoms with Gasteiger partial charge in [-0.2, -0.15) is 0 Å². The van der Waals surface area contributed by atoms with Gasteiger partial charge in [-0.25, -0.2) is 4.79 Å². The number of hydrogen-bond donors (Lipinski definition) is 1. The fourth-order valence-corrected chi connectivity index (χ4v) is 0.263. The van der Waals surface area contributed by atoms with E-state index in [1.54, 1.807) is 6.92 Å². The fourth-order valence-electron chi connectivity index (χ4n) is 0.263. The van der Waals surface area contributed by atoms with Crippen molar-refractivity contribution >= 4 is 35.5 Å². The van der Waals surface area contributed by atoms with Gasteiger partial charge in [-0.1, -0.05) is 0 Å². The maximum Gasteiger partial charge on any atom is 0.334 e. The molecule has 1 N–H and O–H groups in total. The van der Waals surface area contributed by atoms with E-state index in [9.17, 15) is 4.79 Å². The van der Waals surface area contributed by atoms with E-state index < -0.39 is 12.1 Å². The molecule has 0 aromatic heterocycles. The third-order valence-electron chi connectivity index (χ3n) is 0.628. The van der Waals surface area contributed by atoms with Gasteiger partial charge >= 0.3 is 5.97 Å². The van der Waals surface area contributed by atoms with E-state index in [4.69, 9.17) is 5.11 Å². The van der Waals surface area contributed by atoms with E-state index in [1.807, 2.05) is 0 Å². The van der Waals surface area contributed by atoms with Crippen LogP contribution >= 0.6 is 0 Å². The Hall–Kier alpha value is 0.430. The number of aliphatic hydroxyl groups excluding tert-OH is 1. The van der Waals surface area contributed by atoms with Crippen LogP contribution in [0.25, 0.3) is 0 Å². The minimum atomic E-state index is -0.991. The van der Waals surface area contributed by atoms with Gasteiger partial charge in [0.05, 0.1) is 6.61 Å².